The van der Waals surface area contributed by atoms with E-state index in [0.29, 0.717) is 5.56 Å². The van der Waals surface area contributed by atoms with E-state index in [-0.39, 0.29) is 4.90 Å². The number of nitrogens with one attached hydrogen (secondary N) is 1. The molecule has 1 amide bonds. The van der Waals surface area contributed by atoms with Gasteiger partial charge in [0.15, 0.2) is 9.84 Å². The number of carbonyl (C=O) groups excluding carboxylic acids is 1. The SMILES string of the molecule is CC(C)(C)ONC(=O)[C@H](CO)[C@@H](O)c1ccc(S(C)(=O)=O)cc1. The van der Waals surface area contributed by atoms with Crippen LogP contribution in [0.4, 0.5) is 0 Å². The molecule has 0 aliphatic heterocycles. The van der Waals surface area contributed by atoms with Gasteiger partial charge in [-0.15, -0.1) is 0 Å². The molecule has 2 atom stereocenters. The van der Waals surface area contributed by atoms with Gasteiger partial charge in [-0.25, -0.2) is 13.9 Å². The molecule has 0 bridgehead atoms. The van der Waals surface area contributed by atoms with Gasteiger partial charge in [-0.2, -0.15) is 0 Å². The number of hydrogen-bond acceptors (Lipinski definition) is 6. The minimum atomic E-state index is -3.34. The third-order valence-electron chi connectivity index (χ3n) is 3.02. The Hall–Kier alpha value is -1.48. The average molecular weight is 345 g/mol. The number of rotatable bonds is 6. The number of amides is 1. The molecule has 0 aliphatic carbocycles. The Balaban J connectivity index is 2.87. The highest BCUT2D eigenvalue weighted by atomic mass is 32.2. The molecular weight excluding hydrogens is 322 g/mol. The van der Waals surface area contributed by atoms with Gasteiger partial charge in [0.1, 0.15) is 0 Å². The van der Waals surface area contributed by atoms with Crippen LogP contribution in [-0.2, 0) is 19.5 Å². The van der Waals surface area contributed by atoms with Crippen molar-refractivity contribution in [3.8, 4) is 0 Å². The number of hydrogen-bond donors (Lipinski definition) is 3. The van der Waals surface area contributed by atoms with E-state index in [9.17, 15) is 23.4 Å². The first-order chi connectivity index (χ1) is 10.5. The van der Waals surface area contributed by atoms with Crippen molar-refractivity contribution < 1.29 is 28.3 Å². The smallest absolute Gasteiger partial charge is 0.251 e. The zero-order valence-electron chi connectivity index (χ0n) is 13.6. The molecule has 0 aliphatic rings. The lowest BCUT2D eigenvalue weighted by atomic mass is 9.96. The molecule has 1 aromatic carbocycles. The van der Waals surface area contributed by atoms with Crippen LogP contribution in [0.15, 0.2) is 29.2 Å². The fourth-order valence-corrected chi connectivity index (χ4v) is 2.38. The van der Waals surface area contributed by atoms with Gasteiger partial charge in [-0.05, 0) is 38.5 Å². The van der Waals surface area contributed by atoms with Crippen molar-refractivity contribution in [3.05, 3.63) is 29.8 Å². The Morgan fingerprint density at radius 3 is 2.17 bits per heavy atom. The molecule has 0 radical (unpaired) electrons. The van der Waals surface area contributed by atoms with E-state index in [1.807, 2.05) is 0 Å². The summed E-state index contributed by atoms with van der Waals surface area (Å²) in [6.07, 6.45) is -0.219. The highest BCUT2D eigenvalue weighted by Crippen LogP contribution is 2.24. The Labute approximate surface area is 136 Å². The minimum absolute atomic E-state index is 0.106. The summed E-state index contributed by atoms with van der Waals surface area (Å²) in [5.74, 6) is -1.80. The second kappa shape index (κ2) is 7.39. The van der Waals surface area contributed by atoms with Crippen molar-refractivity contribution in [2.24, 2.45) is 5.92 Å². The average Bonchev–Trinajstić information content (AvgIpc) is 2.44. The summed E-state index contributed by atoms with van der Waals surface area (Å²) in [4.78, 5) is 17.2. The zero-order valence-corrected chi connectivity index (χ0v) is 14.4. The Morgan fingerprint density at radius 2 is 1.78 bits per heavy atom. The van der Waals surface area contributed by atoms with E-state index in [1.54, 1.807) is 20.8 Å². The van der Waals surface area contributed by atoms with Gasteiger partial charge in [0.05, 0.1) is 29.1 Å². The molecule has 1 aromatic rings. The van der Waals surface area contributed by atoms with Crippen LogP contribution in [-0.4, -0.2) is 43.0 Å². The first-order valence-electron chi connectivity index (χ1n) is 7.02. The summed E-state index contributed by atoms with van der Waals surface area (Å²) in [5, 5.41) is 19.6. The van der Waals surface area contributed by atoms with E-state index < -0.39 is 40.0 Å². The van der Waals surface area contributed by atoms with E-state index >= 15 is 0 Å². The lowest BCUT2D eigenvalue weighted by molar-refractivity contribution is -0.155. The van der Waals surface area contributed by atoms with Crippen LogP contribution < -0.4 is 5.48 Å². The maximum Gasteiger partial charge on any atom is 0.251 e. The molecule has 0 unspecified atom stereocenters. The number of benzene rings is 1. The van der Waals surface area contributed by atoms with Crippen LogP contribution in [0.5, 0.6) is 0 Å². The van der Waals surface area contributed by atoms with Crippen LogP contribution >= 0.6 is 0 Å². The third kappa shape index (κ3) is 5.91. The third-order valence-corrected chi connectivity index (χ3v) is 4.15. The van der Waals surface area contributed by atoms with Crippen LogP contribution in [0.1, 0.15) is 32.4 Å². The molecule has 23 heavy (non-hydrogen) atoms. The molecule has 3 N–H and O–H groups in total. The largest absolute Gasteiger partial charge is 0.395 e. The molecule has 130 valence electrons. The quantitative estimate of drug-likeness (QED) is 0.650. The maximum absolute atomic E-state index is 12.0. The second-order valence-corrected chi connectivity index (χ2v) is 8.27. The minimum Gasteiger partial charge on any atom is -0.395 e. The van der Waals surface area contributed by atoms with Gasteiger partial charge >= 0.3 is 0 Å². The molecule has 0 heterocycles. The second-order valence-electron chi connectivity index (χ2n) is 6.26. The summed E-state index contributed by atoms with van der Waals surface area (Å²) in [6, 6.07) is 5.49. The standard InChI is InChI=1S/C15H23NO6S/c1-15(2,3)22-16-14(19)12(9-17)13(18)10-5-7-11(8-6-10)23(4,20)21/h5-8,12-13,17-18H,9H2,1-4H3,(H,16,19)/t12-,13+/m1/s1. The number of sulfone groups is 1. The van der Waals surface area contributed by atoms with Crippen LogP contribution in [0.2, 0.25) is 0 Å². The number of aliphatic hydroxyl groups is 2. The van der Waals surface area contributed by atoms with Gasteiger partial charge in [-0.1, -0.05) is 12.1 Å². The summed E-state index contributed by atoms with van der Waals surface area (Å²) in [6.45, 7) is 4.62. The Bertz CT molecular complexity index is 633. The van der Waals surface area contributed by atoms with Crippen molar-refractivity contribution >= 4 is 15.7 Å². The molecule has 0 fully saturated rings. The number of aliphatic hydroxyl groups excluding tert-OH is 2. The summed E-state index contributed by atoms with van der Waals surface area (Å²) in [5.41, 5.74) is 1.91. The zero-order chi connectivity index (χ0) is 17.8. The summed E-state index contributed by atoms with van der Waals surface area (Å²) < 4.78 is 22.8. The fraction of sp³-hybridized carbons (Fsp3) is 0.533. The molecule has 0 aromatic heterocycles. The van der Waals surface area contributed by atoms with Crippen molar-refractivity contribution in [1.82, 2.24) is 5.48 Å². The predicted octanol–water partition coefficient (Wildman–Crippen LogP) is 0.578. The van der Waals surface area contributed by atoms with Crippen molar-refractivity contribution in [1.29, 1.82) is 0 Å². The molecule has 7 nitrogen and oxygen atoms in total. The lowest BCUT2D eigenvalue weighted by Crippen LogP contribution is -2.40. The molecule has 1 rings (SSSR count). The van der Waals surface area contributed by atoms with Gasteiger partial charge in [0.25, 0.3) is 5.91 Å². The van der Waals surface area contributed by atoms with Crippen LogP contribution in [0, 0.1) is 5.92 Å². The number of hydroxylamine groups is 1. The van der Waals surface area contributed by atoms with Crippen molar-refractivity contribution in [2.45, 2.75) is 37.4 Å². The first-order valence-corrected chi connectivity index (χ1v) is 8.91. The molecule has 0 spiro atoms. The normalized spacial score (nSPS) is 15.0. The van der Waals surface area contributed by atoms with Gasteiger partial charge < -0.3 is 10.2 Å². The van der Waals surface area contributed by atoms with Gasteiger partial charge in [0, 0.05) is 6.26 Å². The molecule has 0 saturated carbocycles. The Morgan fingerprint density at radius 1 is 1.26 bits per heavy atom. The van der Waals surface area contributed by atoms with Crippen molar-refractivity contribution in [3.63, 3.8) is 0 Å². The maximum atomic E-state index is 12.0. The van der Waals surface area contributed by atoms with E-state index in [2.05, 4.69) is 5.48 Å². The first kappa shape index (κ1) is 19.6. The molecule has 8 heteroatoms. The van der Waals surface area contributed by atoms with Gasteiger partial charge in [0.2, 0.25) is 0 Å². The molecular formula is C15H23NO6S. The monoisotopic (exact) mass is 345 g/mol. The Kier molecular flexibility index (Phi) is 6.29. The fourth-order valence-electron chi connectivity index (χ4n) is 1.75. The highest BCUT2D eigenvalue weighted by molar-refractivity contribution is 7.90. The van der Waals surface area contributed by atoms with Crippen LogP contribution in [0.25, 0.3) is 0 Å². The molecule has 0 saturated heterocycles. The predicted molar refractivity (Wildman–Crippen MR) is 84.1 cm³/mol. The van der Waals surface area contributed by atoms with E-state index in [4.69, 9.17) is 4.84 Å². The summed E-state index contributed by atoms with van der Waals surface area (Å²) in [7, 11) is -3.34. The van der Waals surface area contributed by atoms with E-state index in [0.717, 1.165) is 6.26 Å². The summed E-state index contributed by atoms with van der Waals surface area (Å²) >= 11 is 0. The van der Waals surface area contributed by atoms with Gasteiger partial charge in [-0.3, -0.25) is 9.63 Å². The van der Waals surface area contributed by atoms with Crippen LogP contribution in [0.3, 0.4) is 0 Å². The lowest BCUT2D eigenvalue weighted by Gasteiger charge is -2.24. The topological polar surface area (TPSA) is 113 Å². The number of carbonyl (C=O) groups is 1. The van der Waals surface area contributed by atoms with E-state index in [1.165, 1.54) is 24.3 Å². The highest BCUT2D eigenvalue weighted by Gasteiger charge is 2.29. The van der Waals surface area contributed by atoms with Crippen molar-refractivity contribution in [2.75, 3.05) is 12.9 Å².